The molecule has 8 aromatic carbocycles. The molecule has 0 spiro atoms. The normalized spacial score (nSPS) is 19.3. The van der Waals surface area contributed by atoms with Gasteiger partial charge in [-0.25, -0.2) is 0 Å². The highest BCUT2D eigenvalue weighted by molar-refractivity contribution is 7.25. The summed E-state index contributed by atoms with van der Waals surface area (Å²) in [7, 11) is 0. The van der Waals surface area contributed by atoms with E-state index < -0.39 is 0 Å². The third-order valence-electron chi connectivity index (χ3n) is 17.8. The highest BCUT2D eigenvalue weighted by atomic mass is 32.1. The molecule has 2 unspecified atom stereocenters. The first-order valence-electron chi connectivity index (χ1n) is 26.3. The van der Waals surface area contributed by atoms with Crippen molar-refractivity contribution in [3.8, 4) is 0 Å². The van der Waals surface area contributed by atoms with Crippen LogP contribution in [0.3, 0.4) is 0 Å². The molecule has 0 radical (unpaired) electrons. The third kappa shape index (κ3) is 5.99. The predicted molar refractivity (Wildman–Crippen MR) is 310 cm³/mol. The first kappa shape index (κ1) is 44.0. The Morgan fingerprint density at radius 2 is 1.17 bits per heavy atom. The summed E-state index contributed by atoms with van der Waals surface area (Å²) >= 11 is 1.89. The molecule has 14 rings (SSSR count). The van der Waals surface area contributed by atoms with Crippen molar-refractivity contribution < 1.29 is 4.42 Å². The summed E-state index contributed by atoms with van der Waals surface area (Å²) in [6, 6.07) is 56.4. The maximum Gasteiger partial charge on any atom is 0.252 e. The van der Waals surface area contributed by atoms with Gasteiger partial charge in [-0.15, -0.1) is 11.3 Å². The van der Waals surface area contributed by atoms with Gasteiger partial charge in [0.2, 0.25) is 0 Å². The van der Waals surface area contributed by atoms with E-state index in [4.69, 9.17) is 4.42 Å². The third-order valence-corrected chi connectivity index (χ3v) is 19.0. The topological polar surface area (TPSA) is 22.9 Å². The van der Waals surface area contributed by atoms with Crippen LogP contribution in [0.25, 0.3) is 42.1 Å². The number of para-hydroxylation sites is 2. The molecule has 4 nitrogen and oxygen atoms in total. The summed E-state index contributed by atoms with van der Waals surface area (Å²) in [6.07, 6.45) is 4.74. The zero-order valence-electron chi connectivity index (χ0n) is 43.4. The molecule has 4 aliphatic rings. The molecule has 1 saturated carbocycles. The van der Waals surface area contributed by atoms with Crippen molar-refractivity contribution in [1.29, 1.82) is 0 Å². The lowest BCUT2D eigenvalue weighted by molar-refractivity contribution is 0.194. The largest absolute Gasteiger partial charge is 0.454 e. The van der Waals surface area contributed by atoms with Crippen LogP contribution in [-0.4, -0.2) is 12.3 Å². The molecule has 0 N–H and O–H groups in total. The Labute approximate surface area is 429 Å². The molecule has 0 saturated heterocycles. The van der Waals surface area contributed by atoms with Gasteiger partial charge in [0, 0.05) is 76.2 Å². The number of benzene rings is 8. The van der Waals surface area contributed by atoms with Gasteiger partial charge >= 0.3 is 0 Å². The van der Waals surface area contributed by atoms with Crippen LogP contribution in [-0.2, 0) is 16.2 Å². The molecule has 0 amide bonds. The van der Waals surface area contributed by atoms with Crippen LogP contribution in [0.2, 0.25) is 0 Å². The number of rotatable bonds is 3. The second-order valence-electron chi connectivity index (χ2n) is 24.2. The average Bonchev–Trinajstić information content (AvgIpc) is 3.98. The van der Waals surface area contributed by atoms with E-state index in [2.05, 4.69) is 230 Å². The molecule has 1 fully saturated rings. The Kier molecular flexibility index (Phi) is 9.11. The molecule has 0 bridgehead atoms. The predicted octanol–water partition coefficient (Wildman–Crippen LogP) is 17.0. The summed E-state index contributed by atoms with van der Waals surface area (Å²) < 4.78 is 9.70. The Bertz CT molecular complexity index is 3960. The zero-order chi connectivity index (χ0) is 49.4. The van der Waals surface area contributed by atoms with E-state index in [0.717, 1.165) is 34.0 Å². The molecule has 72 heavy (non-hydrogen) atoms. The number of hydrogen-bond donors (Lipinski definition) is 0. The fourth-order valence-corrected chi connectivity index (χ4v) is 15.2. The van der Waals surface area contributed by atoms with E-state index in [9.17, 15) is 0 Å². The van der Waals surface area contributed by atoms with Crippen molar-refractivity contribution in [2.45, 2.75) is 117 Å². The van der Waals surface area contributed by atoms with Gasteiger partial charge in [0.25, 0.3) is 6.71 Å². The van der Waals surface area contributed by atoms with E-state index in [1.54, 1.807) is 0 Å². The highest BCUT2D eigenvalue weighted by Crippen LogP contribution is 2.63. The Morgan fingerprint density at radius 1 is 0.528 bits per heavy atom. The summed E-state index contributed by atoms with van der Waals surface area (Å²) in [5, 5.41) is 4.88. The lowest BCUT2D eigenvalue weighted by Gasteiger charge is -2.51. The Morgan fingerprint density at radius 3 is 1.90 bits per heavy atom. The van der Waals surface area contributed by atoms with Crippen LogP contribution in [0, 0.1) is 13.8 Å². The van der Waals surface area contributed by atoms with Crippen molar-refractivity contribution in [1.82, 2.24) is 0 Å². The minimum Gasteiger partial charge on any atom is -0.454 e. The molecule has 356 valence electrons. The van der Waals surface area contributed by atoms with E-state index in [1.165, 1.54) is 123 Å². The molecule has 2 atom stereocenters. The van der Waals surface area contributed by atoms with Crippen molar-refractivity contribution in [3.05, 3.63) is 173 Å². The number of hydrogen-bond acceptors (Lipinski definition) is 5. The maximum absolute atomic E-state index is 7.06. The van der Waals surface area contributed by atoms with Crippen molar-refractivity contribution in [3.63, 3.8) is 0 Å². The molecule has 3 aliphatic heterocycles. The lowest BCUT2D eigenvalue weighted by Crippen LogP contribution is -2.61. The fourth-order valence-electron chi connectivity index (χ4n) is 14.1. The maximum atomic E-state index is 7.06. The Hall–Kier alpha value is -6.76. The SMILES string of the molecule is Cc1cc(C)c2c(c1)N(c1cc3c4c(c1)N(c1cccc5c1oc1ccccc15)c1cc(C(C)(C)C)ccc1B4c1ccc(C(C)(C)C)cc1N3c1ccc3sc4ccccc4c3c1)C1(C)CCCCC21C. The van der Waals surface area contributed by atoms with Crippen molar-refractivity contribution in [2.75, 3.05) is 14.7 Å². The van der Waals surface area contributed by atoms with Crippen LogP contribution in [0.15, 0.2) is 150 Å². The summed E-state index contributed by atoms with van der Waals surface area (Å²) in [6.45, 7) is 23.9. The standard InChI is InChI=1S/C66H62BN3OS/c1-39-32-40(2)60-54(33-39)70(66(10)31-16-15-30-65(60,66)9)44-37-55-61-56(38-44)69(51-21-17-20-47-45-18-11-13-22-57(45)71-62(47)51)53-35-42(64(6,7)8)25-28-50(53)67(61)49-27-24-41(63(3,4)5)34-52(49)68(55)43-26-29-59-48(36-43)46-19-12-14-23-58(46)72-59/h11-14,17-29,32-38H,15-16,30-31H2,1-10H3. The lowest BCUT2D eigenvalue weighted by atomic mass is 9.33. The second kappa shape index (κ2) is 14.9. The minimum atomic E-state index is -0.159. The summed E-state index contributed by atoms with van der Waals surface area (Å²) in [5.74, 6) is 0. The van der Waals surface area contributed by atoms with E-state index >= 15 is 0 Å². The van der Waals surface area contributed by atoms with E-state index in [0.29, 0.717) is 0 Å². The molecular weight excluding hydrogens is 894 g/mol. The van der Waals surface area contributed by atoms with Gasteiger partial charge < -0.3 is 19.1 Å². The van der Waals surface area contributed by atoms with Gasteiger partial charge in [0.15, 0.2) is 5.58 Å². The van der Waals surface area contributed by atoms with Gasteiger partial charge in [-0.2, -0.15) is 0 Å². The quantitative estimate of drug-likeness (QED) is 0.165. The average molecular weight is 956 g/mol. The van der Waals surface area contributed by atoms with Gasteiger partial charge in [-0.1, -0.05) is 140 Å². The molecule has 5 heterocycles. The number of furan rings is 1. The smallest absolute Gasteiger partial charge is 0.252 e. The molecule has 1 aliphatic carbocycles. The van der Waals surface area contributed by atoms with Crippen molar-refractivity contribution >= 4 is 122 Å². The molecular formula is C66H62BN3OS. The molecule has 6 heteroatoms. The van der Waals surface area contributed by atoms with Crippen LogP contribution in [0.4, 0.5) is 45.5 Å². The van der Waals surface area contributed by atoms with Crippen LogP contribution in [0.5, 0.6) is 0 Å². The van der Waals surface area contributed by atoms with Crippen LogP contribution < -0.4 is 31.1 Å². The molecule has 10 aromatic rings. The first-order valence-corrected chi connectivity index (χ1v) is 27.1. The highest BCUT2D eigenvalue weighted by Gasteiger charge is 2.59. The summed E-state index contributed by atoms with van der Waals surface area (Å²) in [4.78, 5) is 8.09. The number of anilines is 8. The van der Waals surface area contributed by atoms with Gasteiger partial charge in [0.1, 0.15) is 5.58 Å². The Balaban J connectivity index is 1.15. The second-order valence-corrected chi connectivity index (χ2v) is 25.3. The van der Waals surface area contributed by atoms with Crippen molar-refractivity contribution in [2.24, 2.45) is 0 Å². The summed E-state index contributed by atoms with van der Waals surface area (Å²) in [5.41, 5.74) is 22.1. The number of nitrogens with zero attached hydrogens (tertiary/aromatic N) is 3. The van der Waals surface area contributed by atoms with Gasteiger partial charge in [0.05, 0.1) is 11.2 Å². The monoisotopic (exact) mass is 955 g/mol. The zero-order valence-corrected chi connectivity index (χ0v) is 44.2. The number of fused-ring (bicyclic) bond motifs is 13. The van der Waals surface area contributed by atoms with Crippen LogP contribution >= 0.6 is 11.3 Å². The van der Waals surface area contributed by atoms with Crippen LogP contribution in [0.1, 0.15) is 109 Å². The van der Waals surface area contributed by atoms with E-state index in [1.807, 2.05) is 11.3 Å². The minimum absolute atomic E-state index is 0.0270. The fraction of sp³-hybridized carbons (Fsp3) is 0.273. The first-order chi connectivity index (χ1) is 34.5. The van der Waals surface area contributed by atoms with Gasteiger partial charge in [-0.3, -0.25) is 0 Å². The molecule has 2 aromatic heterocycles. The van der Waals surface area contributed by atoms with Gasteiger partial charge in [-0.05, 0) is 155 Å². The number of thiophene rings is 1. The number of aryl methyl sites for hydroxylation is 2. The van der Waals surface area contributed by atoms with E-state index in [-0.39, 0.29) is 28.5 Å².